The Labute approximate surface area is 152 Å². The van der Waals surface area contributed by atoms with Gasteiger partial charge in [0.25, 0.3) is 5.91 Å². The number of carbonyl (C=O) groups is 1. The van der Waals surface area contributed by atoms with Crippen LogP contribution in [0.2, 0.25) is 0 Å². The van der Waals surface area contributed by atoms with Crippen molar-refractivity contribution < 1.29 is 14.3 Å². The molecule has 0 unspecified atom stereocenters. The van der Waals surface area contributed by atoms with Crippen LogP contribution in [-0.4, -0.2) is 42.6 Å². The van der Waals surface area contributed by atoms with Crippen LogP contribution in [0.4, 0.5) is 0 Å². The number of hydrogen-bond donors (Lipinski definition) is 0. The zero-order chi connectivity index (χ0) is 17.9. The minimum absolute atomic E-state index is 0.0515. The Bertz CT molecular complexity index is 927. The van der Waals surface area contributed by atoms with Crippen LogP contribution in [0.5, 0.6) is 5.75 Å². The summed E-state index contributed by atoms with van der Waals surface area (Å²) in [6, 6.07) is 17.6. The Kier molecular flexibility index (Phi) is 4.54. The van der Waals surface area contributed by atoms with Gasteiger partial charge in [-0.05, 0) is 46.7 Å². The van der Waals surface area contributed by atoms with Crippen LogP contribution in [0.15, 0.2) is 60.8 Å². The van der Waals surface area contributed by atoms with E-state index >= 15 is 0 Å². The molecule has 0 N–H and O–H groups in total. The van der Waals surface area contributed by atoms with Crippen molar-refractivity contribution in [2.24, 2.45) is 0 Å². The van der Waals surface area contributed by atoms with Crippen molar-refractivity contribution in [2.45, 2.75) is 6.10 Å². The molecule has 1 aliphatic rings. The number of fused-ring (bicyclic) bond motifs is 1. The van der Waals surface area contributed by atoms with Gasteiger partial charge in [-0.3, -0.25) is 9.78 Å². The quantitative estimate of drug-likeness (QED) is 0.727. The third-order valence-electron chi connectivity index (χ3n) is 4.68. The Hall–Kier alpha value is -2.92. The fourth-order valence-corrected chi connectivity index (χ4v) is 3.26. The number of methoxy groups -OCH3 is 1. The van der Waals surface area contributed by atoms with Gasteiger partial charge in [0.1, 0.15) is 17.5 Å². The first-order valence-electron chi connectivity index (χ1n) is 8.64. The van der Waals surface area contributed by atoms with Crippen LogP contribution in [0.1, 0.15) is 22.2 Å². The predicted molar refractivity (Wildman–Crippen MR) is 99.3 cm³/mol. The largest absolute Gasteiger partial charge is 0.497 e. The number of aromatic nitrogens is 1. The summed E-state index contributed by atoms with van der Waals surface area (Å²) in [5.74, 6) is 0.788. The lowest BCUT2D eigenvalue weighted by molar-refractivity contribution is -0.0229. The normalized spacial score (nSPS) is 17.3. The molecule has 1 amide bonds. The number of pyridine rings is 1. The summed E-state index contributed by atoms with van der Waals surface area (Å²) in [7, 11) is 1.67. The molecule has 1 saturated heterocycles. The van der Waals surface area contributed by atoms with E-state index in [0.29, 0.717) is 25.4 Å². The molecule has 0 saturated carbocycles. The Morgan fingerprint density at radius 2 is 2.00 bits per heavy atom. The average molecular weight is 348 g/mol. The smallest absolute Gasteiger partial charge is 0.272 e. The zero-order valence-corrected chi connectivity index (χ0v) is 14.6. The van der Waals surface area contributed by atoms with E-state index in [1.807, 2.05) is 35.2 Å². The number of hydrogen-bond acceptors (Lipinski definition) is 4. The summed E-state index contributed by atoms with van der Waals surface area (Å²) in [5.41, 5.74) is 1.54. The highest BCUT2D eigenvalue weighted by atomic mass is 16.5. The van der Waals surface area contributed by atoms with Gasteiger partial charge >= 0.3 is 0 Å². The number of benzene rings is 2. The van der Waals surface area contributed by atoms with Crippen molar-refractivity contribution in [3.8, 4) is 5.75 Å². The minimum atomic E-state index is -0.136. The molecule has 1 aromatic heterocycles. The van der Waals surface area contributed by atoms with E-state index in [1.54, 1.807) is 19.4 Å². The van der Waals surface area contributed by atoms with Gasteiger partial charge in [-0.2, -0.15) is 0 Å². The van der Waals surface area contributed by atoms with Crippen molar-refractivity contribution in [3.63, 3.8) is 0 Å². The second-order valence-electron chi connectivity index (χ2n) is 6.30. The van der Waals surface area contributed by atoms with Gasteiger partial charge in [-0.15, -0.1) is 0 Å². The first-order chi connectivity index (χ1) is 12.7. The van der Waals surface area contributed by atoms with E-state index in [4.69, 9.17) is 9.47 Å². The summed E-state index contributed by atoms with van der Waals surface area (Å²) < 4.78 is 11.2. The van der Waals surface area contributed by atoms with Gasteiger partial charge < -0.3 is 14.4 Å². The summed E-state index contributed by atoms with van der Waals surface area (Å²) in [6.45, 7) is 1.62. The second-order valence-corrected chi connectivity index (χ2v) is 6.30. The molecule has 1 aliphatic heterocycles. The molecular weight excluding hydrogens is 328 g/mol. The number of rotatable bonds is 3. The lowest BCUT2D eigenvalue weighted by atomic mass is 10.0. The fourth-order valence-electron chi connectivity index (χ4n) is 3.26. The van der Waals surface area contributed by atoms with Gasteiger partial charge in [-0.25, -0.2) is 0 Å². The van der Waals surface area contributed by atoms with E-state index < -0.39 is 0 Å². The van der Waals surface area contributed by atoms with E-state index in [2.05, 4.69) is 23.2 Å². The third kappa shape index (κ3) is 3.26. The van der Waals surface area contributed by atoms with Crippen LogP contribution < -0.4 is 4.74 Å². The molecule has 0 bridgehead atoms. The molecule has 5 heteroatoms. The highest BCUT2D eigenvalue weighted by molar-refractivity contribution is 5.92. The van der Waals surface area contributed by atoms with Gasteiger partial charge in [0, 0.05) is 12.7 Å². The average Bonchev–Trinajstić information content (AvgIpc) is 2.73. The summed E-state index contributed by atoms with van der Waals surface area (Å²) >= 11 is 0. The summed E-state index contributed by atoms with van der Waals surface area (Å²) in [5, 5.41) is 2.24. The van der Waals surface area contributed by atoms with Crippen molar-refractivity contribution >= 4 is 16.7 Å². The fraction of sp³-hybridized carbons (Fsp3) is 0.238. The van der Waals surface area contributed by atoms with Crippen LogP contribution in [0, 0.1) is 0 Å². The molecule has 0 radical (unpaired) electrons. The highest BCUT2D eigenvalue weighted by Crippen LogP contribution is 2.28. The van der Waals surface area contributed by atoms with Crippen molar-refractivity contribution in [3.05, 3.63) is 72.1 Å². The van der Waals surface area contributed by atoms with Crippen LogP contribution >= 0.6 is 0 Å². The van der Waals surface area contributed by atoms with Gasteiger partial charge in [0.15, 0.2) is 0 Å². The van der Waals surface area contributed by atoms with Crippen LogP contribution in [0.3, 0.4) is 0 Å². The zero-order valence-electron chi connectivity index (χ0n) is 14.6. The standard InChI is InChI=1S/C21H20N2O3/c1-25-18-8-7-15-12-17(6-5-16(15)13-18)20-14-23(10-11-26-20)21(24)19-4-2-3-9-22-19/h2-9,12-13,20H,10-11,14H2,1H3/t20-/m1/s1. The number of ether oxygens (including phenoxy) is 2. The monoisotopic (exact) mass is 348 g/mol. The predicted octanol–water partition coefficient (Wildman–Crippen LogP) is 3.46. The molecule has 4 rings (SSSR count). The maximum Gasteiger partial charge on any atom is 0.272 e. The maximum absolute atomic E-state index is 12.7. The number of nitrogens with zero attached hydrogens (tertiary/aromatic N) is 2. The molecule has 0 aliphatic carbocycles. The van der Waals surface area contributed by atoms with E-state index in [-0.39, 0.29) is 12.0 Å². The summed E-state index contributed by atoms with van der Waals surface area (Å²) in [4.78, 5) is 18.6. The number of carbonyl (C=O) groups excluding carboxylic acids is 1. The van der Waals surface area contributed by atoms with E-state index in [0.717, 1.165) is 22.1 Å². The lowest BCUT2D eigenvalue weighted by Gasteiger charge is -2.33. The van der Waals surface area contributed by atoms with Crippen molar-refractivity contribution in [1.82, 2.24) is 9.88 Å². The maximum atomic E-state index is 12.7. The van der Waals surface area contributed by atoms with Gasteiger partial charge in [-0.1, -0.05) is 24.3 Å². The SMILES string of the molecule is COc1ccc2cc([C@H]3CN(C(=O)c4ccccn4)CCO3)ccc2c1. The first-order valence-corrected chi connectivity index (χ1v) is 8.64. The number of morpholine rings is 1. The summed E-state index contributed by atoms with van der Waals surface area (Å²) in [6.07, 6.45) is 1.51. The molecule has 132 valence electrons. The Morgan fingerprint density at radius 1 is 1.15 bits per heavy atom. The first kappa shape index (κ1) is 16.5. The molecule has 26 heavy (non-hydrogen) atoms. The minimum Gasteiger partial charge on any atom is -0.497 e. The van der Waals surface area contributed by atoms with Gasteiger partial charge in [0.05, 0.1) is 20.3 Å². The van der Waals surface area contributed by atoms with Crippen LogP contribution in [0.25, 0.3) is 10.8 Å². The Balaban J connectivity index is 1.56. The molecule has 3 aromatic rings. The molecule has 5 nitrogen and oxygen atoms in total. The topological polar surface area (TPSA) is 51.7 Å². The molecule has 2 heterocycles. The Morgan fingerprint density at radius 3 is 2.81 bits per heavy atom. The van der Waals surface area contributed by atoms with E-state index in [9.17, 15) is 4.79 Å². The molecule has 0 spiro atoms. The number of amides is 1. The third-order valence-corrected chi connectivity index (χ3v) is 4.68. The second kappa shape index (κ2) is 7.14. The molecular formula is C21H20N2O3. The molecule has 1 fully saturated rings. The van der Waals surface area contributed by atoms with Gasteiger partial charge in [0.2, 0.25) is 0 Å². The van der Waals surface area contributed by atoms with Crippen molar-refractivity contribution in [2.75, 3.05) is 26.8 Å². The highest BCUT2D eigenvalue weighted by Gasteiger charge is 2.26. The van der Waals surface area contributed by atoms with E-state index in [1.165, 1.54) is 0 Å². The van der Waals surface area contributed by atoms with Crippen molar-refractivity contribution in [1.29, 1.82) is 0 Å². The van der Waals surface area contributed by atoms with Crippen LogP contribution in [-0.2, 0) is 4.74 Å². The lowest BCUT2D eigenvalue weighted by Crippen LogP contribution is -2.42. The molecule has 1 atom stereocenters. The molecule has 2 aromatic carbocycles.